The first-order valence-corrected chi connectivity index (χ1v) is 5.72. The van der Waals surface area contributed by atoms with Gasteiger partial charge in [-0.1, -0.05) is 12.5 Å². The SMILES string of the molecule is C=C(C)CCOCc1occc1CNCC. The fourth-order valence-corrected chi connectivity index (χ4v) is 1.32. The van der Waals surface area contributed by atoms with E-state index in [1.54, 1.807) is 6.26 Å². The lowest BCUT2D eigenvalue weighted by Gasteiger charge is -2.05. The van der Waals surface area contributed by atoms with Crippen molar-refractivity contribution in [1.82, 2.24) is 5.32 Å². The summed E-state index contributed by atoms with van der Waals surface area (Å²) in [6.45, 7) is 11.0. The van der Waals surface area contributed by atoms with Crippen LogP contribution in [0.15, 0.2) is 28.9 Å². The minimum Gasteiger partial charge on any atom is -0.467 e. The first kappa shape index (κ1) is 13.0. The van der Waals surface area contributed by atoms with Gasteiger partial charge in [0.2, 0.25) is 0 Å². The standard InChI is InChI=1S/C13H21NO2/c1-4-14-9-12-6-8-16-13(12)10-15-7-5-11(2)3/h6,8,14H,2,4-5,7,9-10H2,1,3H3. The molecule has 1 aromatic heterocycles. The summed E-state index contributed by atoms with van der Waals surface area (Å²) in [6, 6.07) is 1.99. The van der Waals surface area contributed by atoms with Gasteiger partial charge in [-0.2, -0.15) is 0 Å². The van der Waals surface area contributed by atoms with Gasteiger partial charge in [-0.15, -0.1) is 6.58 Å². The molecule has 0 spiro atoms. The summed E-state index contributed by atoms with van der Waals surface area (Å²) in [6.07, 6.45) is 2.62. The van der Waals surface area contributed by atoms with Crippen LogP contribution in [0.25, 0.3) is 0 Å². The van der Waals surface area contributed by atoms with Gasteiger partial charge in [-0.3, -0.25) is 0 Å². The third kappa shape index (κ3) is 4.64. The molecular weight excluding hydrogens is 202 g/mol. The van der Waals surface area contributed by atoms with E-state index < -0.39 is 0 Å². The predicted molar refractivity (Wildman–Crippen MR) is 65.2 cm³/mol. The predicted octanol–water partition coefficient (Wildman–Crippen LogP) is 2.87. The average Bonchev–Trinajstić information content (AvgIpc) is 2.69. The molecular formula is C13H21NO2. The van der Waals surface area contributed by atoms with Crippen LogP contribution >= 0.6 is 0 Å². The normalized spacial score (nSPS) is 10.6. The molecule has 0 saturated carbocycles. The highest BCUT2D eigenvalue weighted by Gasteiger charge is 2.05. The van der Waals surface area contributed by atoms with Crippen molar-refractivity contribution in [3.63, 3.8) is 0 Å². The molecule has 0 amide bonds. The van der Waals surface area contributed by atoms with E-state index in [2.05, 4.69) is 18.8 Å². The largest absolute Gasteiger partial charge is 0.467 e. The van der Waals surface area contributed by atoms with Crippen LogP contribution in [-0.4, -0.2) is 13.2 Å². The molecule has 0 aliphatic carbocycles. The fraction of sp³-hybridized carbons (Fsp3) is 0.538. The highest BCUT2D eigenvalue weighted by Crippen LogP contribution is 2.12. The third-order valence-electron chi connectivity index (χ3n) is 2.31. The second-order valence-electron chi connectivity index (χ2n) is 3.91. The Bertz CT molecular complexity index is 317. The Labute approximate surface area is 97.5 Å². The topological polar surface area (TPSA) is 34.4 Å². The van der Waals surface area contributed by atoms with Crippen LogP contribution in [-0.2, 0) is 17.9 Å². The van der Waals surface area contributed by atoms with E-state index in [4.69, 9.17) is 9.15 Å². The Balaban J connectivity index is 2.29. The maximum atomic E-state index is 5.53. The number of rotatable bonds is 8. The lowest BCUT2D eigenvalue weighted by molar-refractivity contribution is 0.108. The molecule has 16 heavy (non-hydrogen) atoms. The van der Waals surface area contributed by atoms with Gasteiger partial charge in [0, 0.05) is 12.1 Å². The van der Waals surface area contributed by atoms with Crippen molar-refractivity contribution in [3.8, 4) is 0 Å². The Kier molecular flexibility index (Phi) is 5.90. The molecule has 1 N–H and O–H groups in total. The molecule has 0 fully saturated rings. The van der Waals surface area contributed by atoms with Gasteiger partial charge in [-0.25, -0.2) is 0 Å². The summed E-state index contributed by atoms with van der Waals surface area (Å²) in [4.78, 5) is 0. The molecule has 0 aromatic carbocycles. The summed E-state index contributed by atoms with van der Waals surface area (Å²) in [7, 11) is 0. The molecule has 90 valence electrons. The first-order valence-electron chi connectivity index (χ1n) is 5.72. The van der Waals surface area contributed by atoms with E-state index >= 15 is 0 Å². The second kappa shape index (κ2) is 7.25. The van der Waals surface area contributed by atoms with E-state index in [0.717, 1.165) is 30.8 Å². The number of nitrogens with one attached hydrogen (secondary N) is 1. The number of furan rings is 1. The third-order valence-corrected chi connectivity index (χ3v) is 2.31. The Morgan fingerprint density at radius 1 is 1.56 bits per heavy atom. The molecule has 0 bridgehead atoms. The van der Waals surface area contributed by atoms with Gasteiger partial charge in [0.1, 0.15) is 12.4 Å². The Morgan fingerprint density at radius 3 is 3.06 bits per heavy atom. The molecule has 0 atom stereocenters. The van der Waals surface area contributed by atoms with Crippen molar-refractivity contribution in [3.05, 3.63) is 35.8 Å². The molecule has 0 saturated heterocycles. The van der Waals surface area contributed by atoms with Crippen molar-refractivity contribution in [2.45, 2.75) is 33.4 Å². The van der Waals surface area contributed by atoms with Gasteiger partial charge in [0.15, 0.2) is 0 Å². The molecule has 1 rings (SSSR count). The second-order valence-corrected chi connectivity index (χ2v) is 3.91. The highest BCUT2D eigenvalue weighted by molar-refractivity contribution is 5.16. The van der Waals surface area contributed by atoms with Gasteiger partial charge in [0.05, 0.1) is 12.9 Å². The van der Waals surface area contributed by atoms with E-state index in [1.807, 2.05) is 13.0 Å². The Hall–Kier alpha value is -1.06. The van der Waals surface area contributed by atoms with E-state index in [9.17, 15) is 0 Å². The zero-order valence-corrected chi connectivity index (χ0v) is 10.2. The molecule has 1 aromatic rings. The van der Waals surface area contributed by atoms with Gasteiger partial charge >= 0.3 is 0 Å². The van der Waals surface area contributed by atoms with E-state index in [1.165, 1.54) is 5.56 Å². The molecule has 0 aliphatic heterocycles. The fourth-order valence-electron chi connectivity index (χ4n) is 1.32. The molecule has 0 unspecified atom stereocenters. The minimum absolute atomic E-state index is 0.543. The lowest BCUT2D eigenvalue weighted by atomic mass is 10.2. The van der Waals surface area contributed by atoms with Crippen molar-refractivity contribution in [2.75, 3.05) is 13.2 Å². The average molecular weight is 223 g/mol. The molecule has 0 aliphatic rings. The van der Waals surface area contributed by atoms with Crippen LogP contribution < -0.4 is 5.32 Å². The van der Waals surface area contributed by atoms with Crippen molar-refractivity contribution in [1.29, 1.82) is 0 Å². The number of hydrogen-bond donors (Lipinski definition) is 1. The van der Waals surface area contributed by atoms with Crippen LogP contribution in [0.1, 0.15) is 31.6 Å². The van der Waals surface area contributed by atoms with E-state index in [0.29, 0.717) is 13.2 Å². The van der Waals surface area contributed by atoms with Gasteiger partial charge in [0.25, 0.3) is 0 Å². The molecule has 3 heteroatoms. The van der Waals surface area contributed by atoms with Gasteiger partial charge in [-0.05, 0) is 26.0 Å². The molecule has 3 nitrogen and oxygen atoms in total. The molecule has 0 radical (unpaired) electrons. The minimum atomic E-state index is 0.543. The van der Waals surface area contributed by atoms with Crippen LogP contribution in [0, 0.1) is 0 Å². The summed E-state index contributed by atoms with van der Waals surface area (Å²) in [5.74, 6) is 0.919. The van der Waals surface area contributed by atoms with Crippen molar-refractivity contribution < 1.29 is 9.15 Å². The van der Waals surface area contributed by atoms with Crippen LogP contribution in [0.4, 0.5) is 0 Å². The number of hydrogen-bond acceptors (Lipinski definition) is 3. The molecule has 1 heterocycles. The van der Waals surface area contributed by atoms with Crippen LogP contribution in [0.3, 0.4) is 0 Å². The quantitative estimate of drug-likeness (QED) is 0.543. The van der Waals surface area contributed by atoms with Crippen LogP contribution in [0.5, 0.6) is 0 Å². The lowest BCUT2D eigenvalue weighted by Crippen LogP contribution is -2.12. The monoisotopic (exact) mass is 223 g/mol. The van der Waals surface area contributed by atoms with Crippen LogP contribution in [0.2, 0.25) is 0 Å². The zero-order chi connectivity index (χ0) is 11.8. The van der Waals surface area contributed by atoms with E-state index in [-0.39, 0.29) is 0 Å². The zero-order valence-electron chi connectivity index (χ0n) is 10.2. The smallest absolute Gasteiger partial charge is 0.133 e. The first-order chi connectivity index (χ1) is 7.74. The maximum absolute atomic E-state index is 5.53. The van der Waals surface area contributed by atoms with Crippen molar-refractivity contribution in [2.24, 2.45) is 0 Å². The highest BCUT2D eigenvalue weighted by atomic mass is 16.5. The van der Waals surface area contributed by atoms with Crippen molar-refractivity contribution >= 4 is 0 Å². The Morgan fingerprint density at radius 2 is 2.38 bits per heavy atom. The number of ether oxygens (including phenoxy) is 1. The van der Waals surface area contributed by atoms with Gasteiger partial charge < -0.3 is 14.5 Å². The maximum Gasteiger partial charge on any atom is 0.133 e. The summed E-state index contributed by atoms with van der Waals surface area (Å²) in [5.41, 5.74) is 2.32. The summed E-state index contributed by atoms with van der Waals surface area (Å²) < 4.78 is 10.9. The summed E-state index contributed by atoms with van der Waals surface area (Å²) >= 11 is 0. The summed E-state index contributed by atoms with van der Waals surface area (Å²) in [5, 5.41) is 3.27.